The molecule has 92 valence electrons. The van der Waals surface area contributed by atoms with Gasteiger partial charge in [0.2, 0.25) is 0 Å². The molecule has 1 nitrogen and oxygen atoms in total. The second-order valence-electron chi connectivity index (χ2n) is 5.69. The standard InChI is InChI=1S/C15H20FN/c1-10-6-12(8-13(16)7-10)15-5-2-11(15)9-17-14-3-4-14/h6-8,11,14-15,17H,2-5,9H2,1H3. The topological polar surface area (TPSA) is 12.0 Å². The van der Waals surface area contributed by atoms with E-state index in [-0.39, 0.29) is 5.82 Å². The summed E-state index contributed by atoms with van der Waals surface area (Å²) >= 11 is 0. The van der Waals surface area contributed by atoms with Gasteiger partial charge >= 0.3 is 0 Å². The van der Waals surface area contributed by atoms with Gasteiger partial charge in [-0.25, -0.2) is 4.39 Å². The Morgan fingerprint density at radius 3 is 2.59 bits per heavy atom. The molecule has 2 saturated carbocycles. The molecule has 2 aliphatic carbocycles. The number of hydrogen-bond donors (Lipinski definition) is 1. The van der Waals surface area contributed by atoms with Crippen LogP contribution in [0.15, 0.2) is 18.2 Å². The van der Waals surface area contributed by atoms with E-state index in [1.165, 1.54) is 31.2 Å². The van der Waals surface area contributed by atoms with Gasteiger partial charge in [0.25, 0.3) is 0 Å². The molecule has 0 saturated heterocycles. The molecule has 0 heterocycles. The van der Waals surface area contributed by atoms with Crippen LogP contribution in [-0.4, -0.2) is 12.6 Å². The minimum atomic E-state index is -0.0826. The lowest BCUT2D eigenvalue weighted by atomic mass is 9.70. The van der Waals surface area contributed by atoms with Gasteiger partial charge in [0.05, 0.1) is 0 Å². The van der Waals surface area contributed by atoms with E-state index in [9.17, 15) is 4.39 Å². The van der Waals surface area contributed by atoms with Crippen LogP contribution in [0.3, 0.4) is 0 Å². The zero-order valence-corrected chi connectivity index (χ0v) is 10.4. The van der Waals surface area contributed by atoms with E-state index in [4.69, 9.17) is 0 Å². The van der Waals surface area contributed by atoms with Crippen LogP contribution in [-0.2, 0) is 0 Å². The number of benzene rings is 1. The number of hydrogen-bond acceptors (Lipinski definition) is 1. The monoisotopic (exact) mass is 233 g/mol. The highest BCUT2D eigenvalue weighted by Gasteiger charge is 2.33. The van der Waals surface area contributed by atoms with Crippen molar-refractivity contribution >= 4 is 0 Å². The highest BCUT2D eigenvalue weighted by atomic mass is 19.1. The summed E-state index contributed by atoms with van der Waals surface area (Å²) in [6.45, 7) is 3.09. The van der Waals surface area contributed by atoms with Crippen LogP contribution in [0.1, 0.15) is 42.7 Å². The Morgan fingerprint density at radius 2 is 2.00 bits per heavy atom. The van der Waals surface area contributed by atoms with Crippen molar-refractivity contribution in [1.29, 1.82) is 0 Å². The lowest BCUT2D eigenvalue weighted by Crippen LogP contribution is -2.34. The van der Waals surface area contributed by atoms with Crippen molar-refractivity contribution in [3.8, 4) is 0 Å². The first kappa shape index (κ1) is 11.2. The molecule has 0 aromatic heterocycles. The molecule has 0 aliphatic heterocycles. The number of nitrogens with one attached hydrogen (secondary N) is 1. The zero-order chi connectivity index (χ0) is 11.8. The van der Waals surface area contributed by atoms with E-state index in [2.05, 4.69) is 11.4 Å². The fraction of sp³-hybridized carbons (Fsp3) is 0.600. The summed E-state index contributed by atoms with van der Waals surface area (Å²) in [5, 5.41) is 3.59. The minimum Gasteiger partial charge on any atom is -0.314 e. The summed E-state index contributed by atoms with van der Waals surface area (Å²) in [6, 6.07) is 6.27. The van der Waals surface area contributed by atoms with E-state index >= 15 is 0 Å². The van der Waals surface area contributed by atoms with Crippen LogP contribution in [0.4, 0.5) is 4.39 Å². The van der Waals surface area contributed by atoms with Crippen LogP contribution < -0.4 is 5.32 Å². The second-order valence-corrected chi connectivity index (χ2v) is 5.69. The van der Waals surface area contributed by atoms with Gasteiger partial charge in [-0.05, 0) is 74.2 Å². The van der Waals surface area contributed by atoms with Gasteiger partial charge in [0, 0.05) is 6.04 Å². The highest BCUT2D eigenvalue weighted by molar-refractivity contribution is 5.28. The van der Waals surface area contributed by atoms with Gasteiger partial charge in [-0.1, -0.05) is 6.07 Å². The van der Waals surface area contributed by atoms with Gasteiger partial charge in [0.15, 0.2) is 0 Å². The average molecular weight is 233 g/mol. The number of rotatable bonds is 4. The minimum absolute atomic E-state index is 0.0826. The first-order valence-electron chi connectivity index (χ1n) is 6.73. The molecule has 17 heavy (non-hydrogen) atoms. The Labute approximate surface area is 102 Å². The number of aryl methyl sites for hydroxylation is 1. The third-order valence-electron chi connectivity index (χ3n) is 4.16. The van der Waals surface area contributed by atoms with E-state index in [1.807, 2.05) is 6.92 Å². The molecule has 2 heteroatoms. The molecular formula is C15H20FN. The molecule has 1 aromatic carbocycles. The van der Waals surface area contributed by atoms with E-state index in [1.54, 1.807) is 12.1 Å². The van der Waals surface area contributed by atoms with Crippen molar-refractivity contribution < 1.29 is 4.39 Å². The fourth-order valence-electron chi connectivity index (χ4n) is 2.84. The van der Waals surface area contributed by atoms with Gasteiger partial charge in [-0.3, -0.25) is 0 Å². The summed E-state index contributed by atoms with van der Waals surface area (Å²) in [6.07, 6.45) is 5.20. The van der Waals surface area contributed by atoms with E-state index in [0.717, 1.165) is 24.1 Å². The maximum atomic E-state index is 13.4. The van der Waals surface area contributed by atoms with Crippen LogP contribution >= 0.6 is 0 Å². The predicted molar refractivity (Wildman–Crippen MR) is 67.6 cm³/mol. The average Bonchev–Trinajstić information content (AvgIpc) is 2.98. The molecule has 1 N–H and O–H groups in total. The summed E-state index contributed by atoms with van der Waals surface area (Å²) in [5.41, 5.74) is 2.25. The summed E-state index contributed by atoms with van der Waals surface area (Å²) in [7, 11) is 0. The van der Waals surface area contributed by atoms with Crippen molar-refractivity contribution in [1.82, 2.24) is 5.32 Å². The highest BCUT2D eigenvalue weighted by Crippen LogP contribution is 2.42. The Morgan fingerprint density at radius 1 is 1.18 bits per heavy atom. The van der Waals surface area contributed by atoms with Crippen molar-refractivity contribution in [2.24, 2.45) is 5.92 Å². The SMILES string of the molecule is Cc1cc(F)cc(C2CCC2CNC2CC2)c1. The third-order valence-corrected chi connectivity index (χ3v) is 4.16. The fourth-order valence-corrected chi connectivity index (χ4v) is 2.84. The molecule has 2 atom stereocenters. The molecule has 2 fully saturated rings. The van der Waals surface area contributed by atoms with Crippen LogP contribution in [0, 0.1) is 18.7 Å². The molecule has 2 unspecified atom stereocenters. The van der Waals surface area contributed by atoms with Crippen molar-refractivity contribution in [3.05, 3.63) is 35.1 Å². The molecule has 0 bridgehead atoms. The molecular weight excluding hydrogens is 213 g/mol. The summed E-state index contributed by atoms with van der Waals surface area (Å²) < 4.78 is 13.4. The largest absolute Gasteiger partial charge is 0.314 e. The Kier molecular flexibility index (Phi) is 2.91. The van der Waals surface area contributed by atoms with Crippen molar-refractivity contribution in [3.63, 3.8) is 0 Å². The number of halogens is 1. The Hall–Kier alpha value is -0.890. The van der Waals surface area contributed by atoms with Gasteiger partial charge in [0.1, 0.15) is 5.82 Å². The molecule has 0 radical (unpaired) electrons. The quantitative estimate of drug-likeness (QED) is 0.840. The molecule has 2 aliphatic rings. The van der Waals surface area contributed by atoms with E-state index < -0.39 is 0 Å². The summed E-state index contributed by atoms with van der Waals surface area (Å²) in [4.78, 5) is 0. The van der Waals surface area contributed by atoms with Crippen LogP contribution in [0.25, 0.3) is 0 Å². The molecule has 0 amide bonds. The van der Waals surface area contributed by atoms with Crippen LogP contribution in [0.2, 0.25) is 0 Å². The molecule has 1 aromatic rings. The summed E-state index contributed by atoms with van der Waals surface area (Å²) in [5.74, 6) is 1.22. The van der Waals surface area contributed by atoms with Crippen LogP contribution in [0.5, 0.6) is 0 Å². The zero-order valence-electron chi connectivity index (χ0n) is 10.4. The van der Waals surface area contributed by atoms with E-state index in [0.29, 0.717) is 5.92 Å². The maximum absolute atomic E-state index is 13.4. The smallest absolute Gasteiger partial charge is 0.123 e. The van der Waals surface area contributed by atoms with Gasteiger partial charge in [-0.2, -0.15) is 0 Å². The van der Waals surface area contributed by atoms with Gasteiger partial charge in [-0.15, -0.1) is 0 Å². The molecule has 0 spiro atoms. The normalized spacial score (nSPS) is 27.9. The lowest BCUT2D eigenvalue weighted by Gasteiger charge is -2.37. The predicted octanol–water partition coefficient (Wildman–Crippen LogP) is 3.38. The third kappa shape index (κ3) is 2.52. The lowest BCUT2D eigenvalue weighted by molar-refractivity contribution is 0.244. The van der Waals surface area contributed by atoms with Gasteiger partial charge < -0.3 is 5.32 Å². The second kappa shape index (κ2) is 4.41. The first-order chi connectivity index (χ1) is 8.22. The first-order valence-corrected chi connectivity index (χ1v) is 6.73. The molecule has 3 rings (SSSR count). The van der Waals surface area contributed by atoms with Crippen molar-refractivity contribution in [2.45, 2.75) is 44.6 Å². The van der Waals surface area contributed by atoms with Crippen molar-refractivity contribution in [2.75, 3.05) is 6.54 Å². The maximum Gasteiger partial charge on any atom is 0.123 e. The Bertz CT molecular complexity index is 391. The Balaban J connectivity index is 1.65.